The maximum atomic E-state index is 12.3. The second-order valence-electron chi connectivity index (χ2n) is 4.49. The summed E-state index contributed by atoms with van der Waals surface area (Å²) in [6, 6.07) is 3.57. The summed E-state index contributed by atoms with van der Waals surface area (Å²) in [5.74, 6) is -1.25. The largest absolute Gasteiger partial charge is 0.478 e. The van der Waals surface area contributed by atoms with Crippen molar-refractivity contribution in [1.29, 1.82) is 0 Å². The number of sulfonamides is 1. The number of aromatic amines is 1. The van der Waals surface area contributed by atoms with E-state index >= 15 is 0 Å². The van der Waals surface area contributed by atoms with Crippen LogP contribution in [0.1, 0.15) is 21.6 Å². The van der Waals surface area contributed by atoms with Crippen LogP contribution in [0.5, 0.6) is 0 Å². The number of anilines is 2. The molecular formula is C12H14N4O4S. The first-order valence-electron chi connectivity index (χ1n) is 5.89. The van der Waals surface area contributed by atoms with Crippen molar-refractivity contribution in [2.75, 3.05) is 10.5 Å². The van der Waals surface area contributed by atoms with Gasteiger partial charge in [0.05, 0.1) is 5.56 Å². The minimum Gasteiger partial charge on any atom is -0.478 e. The molecule has 0 fully saturated rings. The highest BCUT2D eigenvalue weighted by Crippen LogP contribution is 2.23. The number of rotatable bonds is 4. The second-order valence-corrected chi connectivity index (χ2v) is 6.14. The minimum atomic E-state index is -4.08. The summed E-state index contributed by atoms with van der Waals surface area (Å²) in [6.45, 7) is 3.43. The first kappa shape index (κ1) is 14.9. The molecule has 0 aliphatic carbocycles. The molecule has 0 saturated heterocycles. The Morgan fingerprint density at radius 2 is 2.05 bits per heavy atom. The standard InChI is InChI=1S/C12H14N4O4S/c1-6-7(2)14-15-11(6)16-21(19,20)10-4-3-8(13)5-9(10)12(17)18/h3-5H,13H2,1-2H3,(H,17,18)(H2,14,15,16). The Bertz CT molecular complexity index is 811. The van der Waals surface area contributed by atoms with Crippen LogP contribution in [0.2, 0.25) is 0 Å². The van der Waals surface area contributed by atoms with Crippen molar-refractivity contribution in [2.45, 2.75) is 18.7 Å². The minimum absolute atomic E-state index is 0.126. The van der Waals surface area contributed by atoms with E-state index in [1.165, 1.54) is 6.07 Å². The number of nitrogens with zero attached hydrogens (tertiary/aromatic N) is 1. The molecule has 21 heavy (non-hydrogen) atoms. The number of carboxylic acid groups (broad SMARTS) is 1. The van der Waals surface area contributed by atoms with Gasteiger partial charge in [-0.2, -0.15) is 5.10 Å². The lowest BCUT2D eigenvalue weighted by Gasteiger charge is -2.10. The third kappa shape index (κ3) is 2.82. The van der Waals surface area contributed by atoms with Gasteiger partial charge in [0, 0.05) is 16.9 Å². The Kier molecular flexibility index (Phi) is 3.60. The molecule has 9 heteroatoms. The topological polar surface area (TPSA) is 138 Å². The van der Waals surface area contributed by atoms with Crippen LogP contribution >= 0.6 is 0 Å². The Morgan fingerprint density at radius 1 is 1.38 bits per heavy atom. The molecule has 2 aromatic rings. The monoisotopic (exact) mass is 310 g/mol. The van der Waals surface area contributed by atoms with E-state index in [-0.39, 0.29) is 16.4 Å². The number of carbonyl (C=O) groups is 1. The normalized spacial score (nSPS) is 11.3. The molecule has 0 bridgehead atoms. The van der Waals surface area contributed by atoms with Crippen LogP contribution in [-0.4, -0.2) is 29.7 Å². The zero-order valence-electron chi connectivity index (χ0n) is 11.3. The lowest BCUT2D eigenvalue weighted by Crippen LogP contribution is -2.18. The Balaban J connectivity index is 2.50. The second kappa shape index (κ2) is 5.09. The summed E-state index contributed by atoms with van der Waals surface area (Å²) in [5.41, 5.74) is 6.60. The van der Waals surface area contributed by atoms with Crippen molar-refractivity contribution in [3.8, 4) is 0 Å². The molecule has 0 radical (unpaired) electrons. The number of aromatic carboxylic acids is 1. The highest BCUT2D eigenvalue weighted by molar-refractivity contribution is 7.92. The molecule has 1 aromatic carbocycles. The number of H-pyrrole nitrogens is 1. The van der Waals surface area contributed by atoms with Crippen LogP contribution in [0.4, 0.5) is 11.5 Å². The number of nitrogen functional groups attached to an aromatic ring is 1. The molecule has 5 N–H and O–H groups in total. The van der Waals surface area contributed by atoms with Crippen LogP contribution in [0, 0.1) is 13.8 Å². The van der Waals surface area contributed by atoms with Gasteiger partial charge in [-0.3, -0.25) is 9.82 Å². The van der Waals surface area contributed by atoms with Gasteiger partial charge >= 0.3 is 5.97 Å². The first-order valence-corrected chi connectivity index (χ1v) is 7.38. The molecule has 1 heterocycles. The van der Waals surface area contributed by atoms with Crippen LogP contribution < -0.4 is 10.5 Å². The summed E-state index contributed by atoms with van der Waals surface area (Å²) >= 11 is 0. The van der Waals surface area contributed by atoms with Gasteiger partial charge < -0.3 is 10.8 Å². The van der Waals surface area contributed by atoms with Gasteiger partial charge in [-0.15, -0.1) is 0 Å². The molecule has 0 aliphatic heterocycles. The third-order valence-corrected chi connectivity index (χ3v) is 4.40. The summed E-state index contributed by atoms with van der Waals surface area (Å²) in [6.07, 6.45) is 0. The molecule has 112 valence electrons. The molecule has 2 rings (SSSR count). The number of aryl methyl sites for hydroxylation is 1. The predicted octanol–water partition coefficient (Wildman–Crippen LogP) is 1.11. The van der Waals surface area contributed by atoms with E-state index in [2.05, 4.69) is 14.9 Å². The lowest BCUT2D eigenvalue weighted by molar-refractivity contribution is 0.0692. The zero-order chi connectivity index (χ0) is 15.8. The number of hydrogen-bond acceptors (Lipinski definition) is 5. The molecule has 0 amide bonds. The highest BCUT2D eigenvalue weighted by Gasteiger charge is 2.24. The van der Waals surface area contributed by atoms with Crippen molar-refractivity contribution in [2.24, 2.45) is 0 Å². The van der Waals surface area contributed by atoms with Gasteiger partial charge in [0.25, 0.3) is 10.0 Å². The average Bonchev–Trinajstić information content (AvgIpc) is 2.70. The molecule has 0 unspecified atom stereocenters. The molecule has 8 nitrogen and oxygen atoms in total. The van der Waals surface area contributed by atoms with E-state index in [9.17, 15) is 13.2 Å². The molecule has 1 aromatic heterocycles. The van der Waals surface area contributed by atoms with Crippen LogP contribution in [-0.2, 0) is 10.0 Å². The molecule has 0 saturated carbocycles. The summed E-state index contributed by atoms with van der Waals surface area (Å²) < 4.78 is 26.9. The zero-order valence-corrected chi connectivity index (χ0v) is 12.2. The number of nitrogens with one attached hydrogen (secondary N) is 2. The highest BCUT2D eigenvalue weighted by atomic mass is 32.2. The average molecular weight is 310 g/mol. The van der Waals surface area contributed by atoms with Crippen molar-refractivity contribution in [3.05, 3.63) is 35.0 Å². The molecule has 0 spiro atoms. The Labute approximate surface area is 121 Å². The summed E-state index contributed by atoms with van der Waals surface area (Å²) in [5, 5.41) is 15.6. The van der Waals surface area contributed by atoms with E-state index in [4.69, 9.17) is 10.8 Å². The third-order valence-electron chi connectivity index (χ3n) is 3.01. The van der Waals surface area contributed by atoms with E-state index in [1.807, 2.05) is 0 Å². The van der Waals surface area contributed by atoms with E-state index in [1.54, 1.807) is 13.8 Å². The van der Waals surface area contributed by atoms with Crippen molar-refractivity contribution < 1.29 is 18.3 Å². The van der Waals surface area contributed by atoms with Gasteiger partial charge in [0.15, 0.2) is 5.82 Å². The van der Waals surface area contributed by atoms with Gasteiger partial charge in [-0.1, -0.05) is 0 Å². The van der Waals surface area contributed by atoms with Crippen LogP contribution in [0.3, 0.4) is 0 Å². The maximum absolute atomic E-state index is 12.3. The van der Waals surface area contributed by atoms with Gasteiger partial charge in [0.1, 0.15) is 4.90 Å². The van der Waals surface area contributed by atoms with Crippen molar-refractivity contribution in [3.63, 3.8) is 0 Å². The predicted molar refractivity (Wildman–Crippen MR) is 76.7 cm³/mol. The fourth-order valence-electron chi connectivity index (χ4n) is 1.72. The van der Waals surface area contributed by atoms with E-state index < -0.39 is 21.6 Å². The van der Waals surface area contributed by atoms with Crippen molar-refractivity contribution >= 4 is 27.5 Å². The molecule has 0 aliphatic rings. The Morgan fingerprint density at radius 3 is 2.57 bits per heavy atom. The van der Waals surface area contributed by atoms with E-state index in [0.717, 1.165) is 12.1 Å². The number of aromatic nitrogens is 2. The SMILES string of the molecule is Cc1[nH]nc(NS(=O)(=O)c2ccc(N)cc2C(=O)O)c1C. The molecular weight excluding hydrogens is 296 g/mol. The maximum Gasteiger partial charge on any atom is 0.337 e. The summed E-state index contributed by atoms with van der Waals surface area (Å²) in [4.78, 5) is 10.8. The van der Waals surface area contributed by atoms with Crippen LogP contribution in [0.25, 0.3) is 0 Å². The number of benzene rings is 1. The van der Waals surface area contributed by atoms with Gasteiger partial charge in [-0.25, -0.2) is 13.2 Å². The fraction of sp³-hybridized carbons (Fsp3) is 0.167. The van der Waals surface area contributed by atoms with E-state index in [0.29, 0.717) is 11.3 Å². The Hall–Kier alpha value is -2.55. The van der Waals surface area contributed by atoms with Gasteiger partial charge in [-0.05, 0) is 32.0 Å². The summed E-state index contributed by atoms with van der Waals surface area (Å²) in [7, 11) is -4.08. The number of carboxylic acids is 1. The first-order chi connectivity index (χ1) is 9.72. The molecule has 0 atom stereocenters. The quantitative estimate of drug-likeness (QED) is 0.624. The smallest absolute Gasteiger partial charge is 0.337 e. The van der Waals surface area contributed by atoms with Gasteiger partial charge in [0.2, 0.25) is 0 Å². The lowest BCUT2D eigenvalue weighted by atomic mass is 10.2. The number of hydrogen-bond donors (Lipinski definition) is 4. The number of nitrogens with two attached hydrogens (primary N) is 1. The van der Waals surface area contributed by atoms with Crippen LogP contribution in [0.15, 0.2) is 23.1 Å². The fourth-order valence-corrected chi connectivity index (χ4v) is 2.96. The van der Waals surface area contributed by atoms with Crippen molar-refractivity contribution in [1.82, 2.24) is 10.2 Å².